The molecule has 1 N–H and O–H groups in total. The second kappa shape index (κ2) is 7.20. The summed E-state index contributed by atoms with van der Waals surface area (Å²) in [7, 11) is 2.05. The van der Waals surface area contributed by atoms with Crippen molar-refractivity contribution in [1.29, 1.82) is 0 Å². The molecule has 0 spiro atoms. The smallest absolute Gasteiger partial charge is 0.201 e. The highest BCUT2D eigenvalue weighted by molar-refractivity contribution is 6.35. The van der Waals surface area contributed by atoms with E-state index in [1.54, 1.807) is 0 Å². The molecule has 0 saturated carbocycles. The number of hydrogen-bond donors (Lipinski definition) is 1. The molecular weight excluding hydrogens is 444 g/mol. The highest BCUT2D eigenvalue weighted by atomic mass is 16.3. The minimum absolute atomic E-state index is 0.248. The fourth-order valence-electron chi connectivity index (χ4n) is 5.81. The Morgan fingerprint density at radius 3 is 2.19 bits per heavy atom. The third-order valence-corrected chi connectivity index (χ3v) is 7.33. The first-order valence-corrected chi connectivity index (χ1v) is 12.2. The minimum atomic E-state index is -0.248. The van der Waals surface area contributed by atoms with Gasteiger partial charge in [-0.2, -0.15) is 5.01 Å². The van der Waals surface area contributed by atoms with Crippen molar-refractivity contribution in [2.45, 2.75) is 6.29 Å². The Morgan fingerprint density at radius 1 is 0.694 bits per heavy atom. The maximum absolute atomic E-state index is 6.49. The van der Waals surface area contributed by atoms with Crippen molar-refractivity contribution in [2.75, 3.05) is 7.05 Å². The fraction of sp³-hybridized carbons (Fsp3) is 0.0645. The van der Waals surface area contributed by atoms with E-state index in [9.17, 15) is 0 Å². The number of furan rings is 1. The zero-order valence-corrected chi connectivity index (χ0v) is 19.6. The second-order valence-corrected chi connectivity index (χ2v) is 9.37. The molecule has 1 atom stereocenters. The van der Waals surface area contributed by atoms with Crippen LogP contribution in [-0.4, -0.2) is 22.5 Å². The van der Waals surface area contributed by atoms with Crippen molar-refractivity contribution >= 4 is 60.4 Å². The molecule has 0 aliphatic carbocycles. The number of benzene rings is 5. The van der Waals surface area contributed by atoms with Crippen LogP contribution in [0.2, 0.25) is 0 Å². The van der Waals surface area contributed by atoms with E-state index in [1.165, 1.54) is 16.3 Å². The number of fused-ring (bicyclic) bond motifs is 10. The van der Waals surface area contributed by atoms with Crippen LogP contribution in [0.25, 0.3) is 54.5 Å². The average molecular weight is 467 g/mol. The molecule has 0 saturated heterocycles. The normalized spacial score (nSPS) is 16.5. The molecule has 7 aromatic rings. The average Bonchev–Trinajstić information content (AvgIpc) is 3.60. The molecule has 1 aliphatic rings. The summed E-state index contributed by atoms with van der Waals surface area (Å²) >= 11 is 0. The number of hydrazine groups is 1. The van der Waals surface area contributed by atoms with Crippen LogP contribution in [0, 0.1) is 0 Å². The first kappa shape index (κ1) is 19.7. The number of aromatic nitrogens is 1. The molecule has 172 valence electrons. The zero-order chi connectivity index (χ0) is 23.8. The van der Waals surface area contributed by atoms with Gasteiger partial charge in [-0.3, -0.25) is 5.43 Å². The third-order valence-electron chi connectivity index (χ3n) is 7.33. The van der Waals surface area contributed by atoms with E-state index in [4.69, 9.17) is 9.41 Å². The third kappa shape index (κ3) is 2.55. The number of para-hydroxylation sites is 2. The summed E-state index contributed by atoms with van der Waals surface area (Å²) in [6.07, 6.45) is -0.248. The molecule has 0 amide bonds. The number of nitrogens with zero attached hydrogens (tertiary/aromatic N) is 3. The van der Waals surface area contributed by atoms with Gasteiger partial charge in [0.1, 0.15) is 17.0 Å². The van der Waals surface area contributed by atoms with Crippen molar-refractivity contribution < 1.29 is 4.42 Å². The van der Waals surface area contributed by atoms with Crippen molar-refractivity contribution in [3.63, 3.8) is 0 Å². The molecule has 8 rings (SSSR count). The molecule has 5 aromatic carbocycles. The quantitative estimate of drug-likeness (QED) is 0.293. The maximum Gasteiger partial charge on any atom is 0.201 e. The van der Waals surface area contributed by atoms with Crippen LogP contribution in [0.4, 0.5) is 0 Å². The summed E-state index contributed by atoms with van der Waals surface area (Å²) in [4.78, 5) is 5.19. The molecule has 1 unspecified atom stereocenters. The van der Waals surface area contributed by atoms with Crippen molar-refractivity contribution in [2.24, 2.45) is 4.99 Å². The Hall–Kier alpha value is -4.61. The van der Waals surface area contributed by atoms with Crippen LogP contribution in [0.3, 0.4) is 0 Å². The largest absolute Gasteiger partial charge is 0.455 e. The van der Waals surface area contributed by atoms with Crippen LogP contribution in [0.5, 0.6) is 0 Å². The molecule has 0 fully saturated rings. The molecule has 1 aliphatic heterocycles. The van der Waals surface area contributed by atoms with Crippen molar-refractivity contribution in [1.82, 2.24) is 15.0 Å². The lowest BCUT2D eigenvalue weighted by Gasteiger charge is -2.22. The SMILES string of the molecule is CN1NC(c2ccccc2)=NC1n1c2ccccc2c2c3c4ccccc4oc3c3ccccc3c21. The highest BCUT2D eigenvalue weighted by Gasteiger charge is 2.30. The molecule has 3 heterocycles. The molecular formula is C31H22N4O. The minimum Gasteiger partial charge on any atom is -0.455 e. The van der Waals surface area contributed by atoms with Gasteiger partial charge in [-0.25, -0.2) is 4.99 Å². The van der Waals surface area contributed by atoms with Crippen LogP contribution in [0.1, 0.15) is 11.9 Å². The summed E-state index contributed by atoms with van der Waals surface area (Å²) in [5.41, 5.74) is 8.72. The molecule has 0 radical (unpaired) electrons. The summed E-state index contributed by atoms with van der Waals surface area (Å²) in [5, 5.41) is 9.06. The lowest BCUT2D eigenvalue weighted by atomic mass is 9.99. The van der Waals surface area contributed by atoms with Gasteiger partial charge in [0.25, 0.3) is 0 Å². The van der Waals surface area contributed by atoms with E-state index >= 15 is 0 Å². The Kier molecular flexibility index (Phi) is 3.93. The van der Waals surface area contributed by atoms with Gasteiger partial charge in [-0.05, 0) is 12.1 Å². The molecule has 36 heavy (non-hydrogen) atoms. The lowest BCUT2D eigenvalue weighted by Crippen LogP contribution is -2.36. The van der Waals surface area contributed by atoms with E-state index < -0.39 is 0 Å². The Bertz CT molecular complexity index is 2000. The molecule has 5 heteroatoms. The predicted molar refractivity (Wildman–Crippen MR) is 147 cm³/mol. The highest BCUT2D eigenvalue weighted by Crippen LogP contribution is 2.46. The second-order valence-electron chi connectivity index (χ2n) is 9.37. The number of aliphatic imine (C=N–C) groups is 1. The van der Waals surface area contributed by atoms with Crippen LogP contribution in [-0.2, 0) is 0 Å². The number of hydrogen-bond acceptors (Lipinski definition) is 4. The summed E-state index contributed by atoms with van der Waals surface area (Å²) in [6, 6.07) is 35.8. The topological polar surface area (TPSA) is 45.7 Å². The molecule has 2 aromatic heterocycles. The van der Waals surface area contributed by atoms with Gasteiger partial charge in [0.2, 0.25) is 6.29 Å². The van der Waals surface area contributed by atoms with Gasteiger partial charge < -0.3 is 8.98 Å². The monoisotopic (exact) mass is 466 g/mol. The number of rotatable bonds is 2. The van der Waals surface area contributed by atoms with Gasteiger partial charge in [-0.15, -0.1) is 0 Å². The van der Waals surface area contributed by atoms with E-state index in [2.05, 4.69) is 101 Å². The standard InChI is InChI=1S/C31H22N4O/c1-34-31(32-30(33-34)19-11-3-2-4-12-19)35-24-17-9-7-15-22(24)26-27-23-16-8-10-18-25(23)36-29(27)21-14-6-5-13-20(21)28(26)35/h2-18,31H,1H3,(H,32,33). The van der Waals surface area contributed by atoms with Gasteiger partial charge >= 0.3 is 0 Å². The summed E-state index contributed by atoms with van der Waals surface area (Å²) < 4.78 is 8.87. The van der Waals surface area contributed by atoms with E-state index in [-0.39, 0.29) is 6.29 Å². The predicted octanol–water partition coefficient (Wildman–Crippen LogP) is 7.20. The lowest BCUT2D eigenvalue weighted by molar-refractivity contribution is 0.187. The maximum atomic E-state index is 6.49. The summed E-state index contributed by atoms with van der Waals surface area (Å²) in [5.74, 6) is 0.869. The van der Waals surface area contributed by atoms with Crippen molar-refractivity contribution in [3.8, 4) is 0 Å². The van der Waals surface area contributed by atoms with E-state index in [0.717, 1.165) is 49.6 Å². The first-order valence-electron chi connectivity index (χ1n) is 12.2. The van der Waals surface area contributed by atoms with Crippen LogP contribution >= 0.6 is 0 Å². The van der Waals surface area contributed by atoms with Crippen LogP contribution < -0.4 is 5.43 Å². The van der Waals surface area contributed by atoms with Gasteiger partial charge in [0.15, 0.2) is 0 Å². The van der Waals surface area contributed by atoms with Gasteiger partial charge in [-0.1, -0.05) is 91.0 Å². The first-order chi connectivity index (χ1) is 17.8. The number of nitrogens with one attached hydrogen (secondary N) is 1. The Morgan fingerprint density at radius 2 is 1.36 bits per heavy atom. The van der Waals surface area contributed by atoms with Crippen LogP contribution in [0.15, 0.2) is 113 Å². The molecule has 5 nitrogen and oxygen atoms in total. The summed E-state index contributed by atoms with van der Waals surface area (Å²) in [6.45, 7) is 0. The van der Waals surface area contributed by atoms with E-state index in [1.807, 2.05) is 24.3 Å². The molecule has 0 bridgehead atoms. The Balaban J connectivity index is 1.57. The van der Waals surface area contributed by atoms with Crippen molar-refractivity contribution in [3.05, 3.63) is 109 Å². The Labute approximate surface area is 206 Å². The fourth-order valence-corrected chi connectivity index (χ4v) is 5.81. The van der Waals surface area contributed by atoms with E-state index in [0.29, 0.717) is 0 Å². The van der Waals surface area contributed by atoms with Gasteiger partial charge in [0, 0.05) is 44.9 Å². The van der Waals surface area contributed by atoms with Gasteiger partial charge in [0.05, 0.1) is 11.0 Å². The zero-order valence-electron chi connectivity index (χ0n) is 19.6. The number of amidine groups is 1.